The maximum Gasteiger partial charge on any atom is 0.271 e. The predicted molar refractivity (Wildman–Crippen MR) is 103 cm³/mol. The van der Waals surface area contributed by atoms with Gasteiger partial charge >= 0.3 is 0 Å². The van der Waals surface area contributed by atoms with Crippen molar-refractivity contribution < 1.29 is 14.3 Å². The molecule has 0 aliphatic carbocycles. The van der Waals surface area contributed by atoms with Crippen molar-refractivity contribution in [1.82, 2.24) is 30.4 Å². The molecule has 0 spiro atoms. The van der Waals surface area contributed by atoms with E-state index in [0.717, 1.165) is 32.0 Å². The first-order valence-electron chi connectivity index (χ1n) is 9.28. The van der Waals surface area contributed by atoms with E-state index in [9.17, 15) is 4.79 Å². The van der Waals surface area contributed by atoms with Crippen molar-refractivity contribution in [2.24, 2.45) is 0 Å². The topological polar surface area (TPSA) is 106 Å². The SMILES string of the molecule is CCOc1ccc(C(=O)NCCOc2cc(N3CCN(C)CC3)ncn2)nn1. The highest BCUT2D eigenvalue weighted by atomic mass is 16.5. The lowest BCUT2D eigenvalue weighted by molar-refractivity contribution is 0.0940. The van der Waals surface area contributed by atoms with Gasteiger partial charge in [0.15, 0.2) is 5.69 Å². The van der Waals surface area contributed by atoms with E-state index in [4.69, 9.17) is 9.47 Å². The van der Waals surface area contributed by atoms with E-state index in [1.807, 2.05) is 13.0 Å². The van der Waals surface area contributed by atoms with Crippen LogP contribution in [-0.4, -0.2) is 84.0 Å². The Morgan fingerprint density at radius 3 is 2.64 bits per heavy atom. The number of carbonyl (C=O) groups excluding carboxylic acids is 1. The van der Waals surface area contributed by atoms with Gasteiger partial charge in [0.25, 0.3) is 5.91 Å². The van der Waals surface area contributed by atoms with Gasteiger partial charge in [-0.1, -0.05) is 0 Å². The van der Waals surface area contributed by atoms with E-state index in [1.54, 1.807) is 12.1 Å². The Balaban J connectivity index is 1.43. The van der Waals surface area contributed by atoms with E-state index >= 15 is 0 Å². The third-order valence-electron chi connectivity index (χ3n) is 4.26. The first kappa shape index (κ1) is 19.7. The standard InChI is InChI=1S/C18H25N7O3/c1-3-27-16-5-4-14(22-23-16)18(26)19-6-11-28-17-12-15(20-13-21-17)25-9-7-24(2)8-10-25/h4-5,12-13H,3,6-11H2,1-2H3,(H,19,26). The summed E-state index contributed by atoms with van der Waals surface area (Å²) in [7, 11) is 2.11. The Morgan fingerprint density at radius 2 is 1.93 bits per heavy atom. The van der Waals surface area contributed by atoms with Crippen LogP contribution in [0, 0.1) is 0 Å². The lowest BCUT2D eigenvalue weighted by atomic mass is 10.3. The van der Waals surface area contributed by atoms with Crippen LogP contribution >= 0.6 is 0 Å². The van der Waals surface area contributed by atoms with Gasteiger partial charge in [-0.25, -0.2) is 9.97 Å². The average molecular weight is 387 g/mol. The molecule has 0 bridgehead atoms. The lowest BCUT2D eigenvalue weighted by Crippen LogP contribution is -2.44. The summed E-state index contributed by atoms with van der Waals surface area (Å²) in [4.78, 5) is 25.0. The molecule has 3 rings (SSSR count). The molecule has 2 aromatic heterocycles. The van der Waals surface area contributed by atoms with E-state index in [1.165, 1.54) is 6.33 Å². The molecule has 150 valence electrons. The quantitative estimate of drug-likeness (QED) is 0.637. The first-order chi connectivity index (χ1) is 13.7. The summed E-state index contributed by atoms with van der Waals surface area (Å²) in [6, 6.07) is 5.01. The van der Waals surface area contributed by atoms with E-state index in [2.05, 4.69) is 42.3 Å². The third kappa shape index (κ3) is 5.49. The van der Waals surface area contributed by atoms with Crippen molar-refractivity contribution in [1.29, 1.82) is 0 Å². The number of rotatable bonds is 8. The van der Waals surface area contributed by atoms with Gasteiger partial charge < -0.3 is 24.6 Å². The third-order valence-corrected chi connectivity index (χ3v) is 4.26. The van der Waals surface area contributed by atoms with Crippen LogP contribution in [-0.2, 0) is 0 Å². The van der Waals surface area contributed by atoms with Gasteiger partial charge in [0.1, 0.15) is 18.8 Å². The number of amides is 1. The van der Waals surface area contributed by atoms with Crippen LogP contribution in [0.25, 0.3) is 0 Å². The number of anilines is 1. The van der Waals surface area contributed by atoms with Crippen molar-refractivity contribution in [2.75, 3.05) is 57.9 Å². The first-order valence-corrected chi connectivity index (χ1v) is 9.28. The second-order valence-corrected chi connectivity index (χ2v) is 6.30. The minimum absolute atomic E-state index is 0.225. The molecule has 1 saturated heterocycles. The number of aromatic nitrogens is 4. The van der Waals surface area contributed by atoms with Gasteiger partial charge in [-0.15, -0.1) is 10.2 Å². The highest BCUT2D eigenvalue weighted by molar-refractivity contribution is 5.92. The Hall–Kier alpha value is -3.01. The van der Waals surface area contributed by atoms with Crippen LogP contribution in [0.4, 0.5) is 5.82 Å². The maximum absolute atomic E-state index is 12.1. The average Bonchev–Trinajstić information content (AvgIpc) is 2.72. The Morgan fingerprint density at radius 1 is 1.11 bits per heavy atom. The molecule has 1 fully saturated rings. The minimum atomic E-state index is -0.319. The number of nitrogens with zero attached hydrogens (tertiary/aromatic N) is 6. The monoisotopic (exact) mass is 387 g/mol. The fourth-order valence-electron chi connectivity index (χ4n) is 2.69. The van der Waals surface area contributed by atoms with Gasteiger partial charge in [-0.05, 0) is 20.0 Å². The van der Waals surface area contributed by atoms with Crippen LogP contribution in [0.3, 0.4) is 0 Å². The summed E-state index contributed by atoms with van der Waals surface area (Å²) in [6.07, 6.45) is 1.50. The fraction of sp³-hybridized carbons (Fsp3) is 0.500. The van der Waals surface area contributed by atoms with E-state index in [0.29, 0.717) is 24.9 Å². The Kier molecular flexibility index (Phi) is 6.90. The number of hydrogen-bond donors (Lipinski definition) is 1. The number of hydrogen-bond acceptors (Lipinski definition) is 9. The summed E-state index contributed by atoms with van der Waals surface area (Å²) < 4.78 is 10.8. The number of piperazine rings is 1. The molecule has 1 amide bonds. The minimum Gasteiger partial charge on any atom is -0.477 e. The van der Waals surface area contributed by atoms with E-state index in [-0.39, 0.29) is 18.2 Å². The molecular formula is C18H25N7O3. The van der Waals surface area contributed by atoms with Gasteiger partial charge in [-0.3, -0.25) is 4.79 Å². The zero-order valence-corrected chi connectivity index (χ0v) is 16.2. The molecule has 1 N–H and O–H groups in total. The molecule has 1 aliphatic heterocycles. The summed E-state index contributed by atoms with van der Waals surface area (Å²) in [6.45, 7) is 6.81. The molecule has 0 unspecified atom stereocenters. The molecule has 0 atom stereocenters. The molecule has 0 radical (unpaired) electrons. The van der Waals surface area contributed by atoms with E-state index < -0.39 is 0 Å². The summed E-state index contributed by atoms with van der Waals surface area (Å²) in [5, 5.41) is 10.4. The normalized spacial score (nSPS) is 14.6. The highest BCUT2D eigenvalue weighted by Gasteiger charge is 2.16. The predicted octanol–water partition coefficient (Wildman–Crippen LogP) is 0.226. The van der Waals surface area contributed by atoms with Crippen LogP contribution in [0.1, 0.15) is 17.4 Å². The molecule has 0 saturated carbocycles. The van der Waals surface area contributed by atoms with Crippen LogP contribution in [0.5, 0.6) is 11.8 Å². The van der Waals surface area contributed by atoms with Crippen molar-refractivity contribution in [3.63, 3.8) is 0 Å². The maximum atomic E-state index is 12.1. The molecule has 1 aliphatic rings. The van der Waals surface area contributed by atoms with Crippen LogP contribution in [0.2, 0.25) is 0 Å². The lowest BCUT2D eigenvalue weighted by Gasteiger charge is -2.33. The number of nitrogens with one attached hydrogen (secondary N) is 1. The van der Waals surface area contributed by atoms with Gasteiger partial charge in [-0.2, -0.15) is 0 Å². The second-order valence-electron chi connectivity index (χ2n) is 6.30. The van der Waals surface area contributed by atoms with Crippen molar-refractivity contribution in [3.8, 4) is 11.8 Å². The molecule has 3 heterocycles. The fourth-order valence-corrected chi connectivity index (χ4v) is 2.69. The molecule has 28 heavy (non-hydrogen) atoms. The van der Waals surface area contributed by atoms with Crippen molar-refractivity contribution in [2.45, 2.75) is 6.92 Å². The Labute approximate surface area is 163 Å². The van der Waals surface area contributed by atoms with Gasteiger partial charge in [0.2, 0.25) is 11.8 Å². The summed E-state index contributed by atoms with van der Waals surface area (Å²) in [5.74, 6) is 1.41. The number of ether oxygens (including phenoxy) is 2. The molecule has 0 aromatic carbocycles. The number of likely N-dealkylation sites (N-methyl/N-ethyl adjacent to an activating group) is 1. The number of carbonyl (C=O) groups is 1. The largest absolute Gasteiger partial charge is 0.477 e. The van der Waals surface area contributed by atoms with Crippen LogP contribution in [0.15, 0.2) is 24.5 Å². The second kappa shape index (κ2) is 9.79. The zero-order valence-electron chi connectivity index (χ0n) is 16.2. The highest BCUT2D eigenvalue weighted by Crippen LogP contribution is 2.17. The molecular weight excluding hydrogens is 362 g/mol. The molecule has 10 nitrogen and oxygen atoms in total. The smallest absolute Gasteiger partial charge is 0.271 e. The van der Waals surface area contributed by atoms with Crippen molar-refractivity contribution >= 4 is 11.7 Å². The van der Waals surface area contributed by atoms with Crippen molar-refractivity contribution in [3.05, 3.63) is 30.2 Å². The van der Waals surface area contributed by atoms with Gasteiger partial charge in [0.05, 0.1) is 13.2 Å². The molecule has 10 heteroatoms. The van der Waals surface area contributed by atoms with Gasteiger partial charge in [0, 0.05) is 38.3 Å². The van der Waals surface area contributed by atoms with Crippen LogP contribution < -0.4 is 19.7 Å². The summed E-state index contributed by atoms with van der Waals surface area (Å²) in [5.41, 5.74) is 0.225. The molecule has 2 aromatic rings. The Bertz CT molecular complexity index is 764. The summed E-state index contributed by atoms with van der Waals surface area (Å²) >= 11 is 0. The zero-order chi connectivity index (χ0) is 19.8.